The molecule has 0 bridgehead atoms. The average molecular weight is 316 g/mol. The van der Waals surface area contributed by atoms with E-state index in [0.29, 0.717) is 18.0 Å². The minimum absolute atomic E-state index is 0.0375. The van der Waals surface area contributed by atoms with Crippen molar-refractivity contribution in [1.29, 1.82) is 0 Å². The summed E-state index contributed by atoms with van der Waals surface area (Å²) < 4.78 is 1.55. The zero-order valence-electron chi connectivity index (χ0n) is 14.2. The van der Waals surface area contributed by atoms with Crippen molar-refractivity contribution in [1.82, 2.24) is 30.0 Å². The van der Waals surface area contributed by atoms with E-state index in [1.54, 1.807) is 4.68 Å². The Labute approximate surface area is 136 Å². The van der Waals surface area contributed by atoms with Crippen LogP contribution in [-0.4, -0.2) is 69.6 Å². The molecular weight excluding hydrogens is 292 g/mol. The molecular formula is C16H24N6O. The van der Waals surface area contributed by atoms with E-state index < -0.39 is 0 Å². The Kier molecular flexibility index (Phi) is 5.81. The molecule has 1 heterocycles. The van der Waals surface area contributed by atoms with Crippen molar-refractivity contribution in [3.8, 4) is 5.69 Å². The molecule has 1 aromatic heterocycles. The van der Waals surface area contributed by atoms with Gasteiger partial charge in [0.25, 0.3) is 5.91 Å². The zero-order valence-corrected chi connectivity index (χ0v) is 14.2. The van der Waals surface area contributed by atoms with Crippen LogP contribution in [0.25, 0.3) is 5.69 Å². The van der Waals surface area contributed by atoms with E-state index in [9.17, 15) is 4.79 Å². The smallest absolute Gasteiger partial charge is 0.253 e. The van der Waals surface area contributed by atoms with Gasteiger partial charge in [0, 0.05) is 25.2 Å². The van der Waals surface area contributed by atoms with Gasteiger partial charge in [-0.2, -0.15) is 0 Å². The number of likely N-dealkylation sites (N-methyl/N-ethyl adjacent to an activating group) is 1. The normalized spacial score (nSPS) is 11.2. The molecule has 0 aliphatic heterocycles. The third-order valence-corrected chi connectivity index (χ3v) is 3.40. The fourth-order valence-electron chi connectivity index (χ4n) is 2.28. The van der Waals surface area contributed by atoms with Crippen LogP contribution in [0.5, 0.6) is 0 Å². The molecule has 0 saturated carbocycles. The maximum atomic E-state index is 12.9. The molecule has 0 atom stereocenters. The molecule has 0 fully saturated rings. The van der Waals surface area contributed by atoms with E-state index in [2.05, 4.69) is 34.3 Å². The van der Waals surface area contributed by atoms with Crippen LogP contribution >= 0.6 is 0 Å². The molecule has 2 rings (SSSR count). The lowest BCUT2D eigenvalue weighted by Crippen LogP contribution is -2.39. The summed E-state index contributed by atoms with van der Waals surface area (Å²) in [4.78, 5) is 16.8. The molecule has 0 N–H and O–H groups in total. The molecule has 2 aromatic rings. The van der Waals surface area contributed by atoms with Gasteiger partial charge in [-0.1, -0.05) is 19.9 Å². The van der Waals surface area contributed by atoms with Crippen LogP contribution in [-0.2, 0) is 0 Å². The molecule has 0 saturated heterocycles. The molecule has 0 radical (unpaired) electrons. The predicted octanol–water partition coefficient (Wildman–Crippen LogP) is 1.32. The number of tetrazole rings is 1. The first-order chi connectivity index (χ1) is 11.0. The SMILES string of the molecule is CC(C)CN(CCN(C)C)C(=O)c1cccc(-n2cnnn2)c1. The lowest BCUT2D eigenvalue weighted by atomic mass is 10.1. The van der Waals surface area contributed by atoms with E-state index in [4.69, 9.17) is 0 Å². The Morgan fingerprint density at radius 2 is 2.04 bits per heavy atom. The van der Waals surface area contributed by atoms with Gasteiger partial charge in [0.15, 0.2) is 0 Å². The van der Waals surface area contributed by atoms with Crippen LogP contribution < -0.4 is 0 Å². The first-order valence-corrected chi connectivity index (χ1v) is 7.75. The van der Waals surface area contributed by atoms with Gasteiger partial charge >= 0.3 is 0 Å². The van der Waals surface area contributed by atoms with Crippen LogP contribution in [0.1, 0.15) is 24.2 Å². The van der Waals surface area contributed by atoms with E-state index in [-0.39, 0.29) is 5.91 Å². The number of hydrogen-bond donors (Lipinski definition) is 0. The number of benzene rings is 1. The number of carbonyl (C=O) groups is 1. The summed E-state index contributed by atoms with van der Waals surface area (Å²) in [5.41, 5.74) is 1.43. The number of rotatable bonds is 7. The maximum Gasteiger partial charge on any atom is 0.253 e. The van der Waals surface area contributed by atoms with Crippen molar-refractivity contribution in [3.63, 3.8) is 0 Å². The Morgan fingerprint density at radius 1 is 1.26 bits per heavy atom. The van der Waals surface area contributed by atoms with Crippen LogP contribution in [0.4, 0.5) is 0 Å². The van der Waals surface area contributed by atoms with E-state index in [0.717, 1.165) is 18.8 Å². The molecule has 124 valence electrons. The zero-order chi connectivity index (χ0) is 16.8. The second kappa shape index (κ2) is 7.82. The number of carbonyl (C=O) groups excluding carboxylic acids is 1. The molecule has 0 aliphatic carbocycles. The largest absolute Gasteiger partial charge is 0.337 e. The summed E-state index contributed by atoms with van der Waals surface area (Å²) >= 11 is 0. The Morgan fingerprint density at radius 3 is 2.65 bits per heavy atom. The van der Waals surface area contributed by atoms with Crippen molar-refractivity contribution in [2.24, 2.45) is 5.92 Å². The fraction of sp³-hybridized carbons (Fsp3) is 0.500. The Hall–Kier alpha value is -2.28. The third-order valence-electron chi connectivity index (χ3n) is 3.40. The first kappa shape index (κ1) is 17.1. The molecule has 0 aliphatic rings. The molecule has 7 heteroatoms. The van der Waals surface area contributed by atoms with E-state index in [1.165, 1.54) is 6.33 Å². The van der Waals surface area contributed by atoms with Crippen molar-refractivity contribution in [2.45, 2.75) is 13.8 Å². The van der Waals surface area contributed by atoms with Crippen LogP contribution in [0, 0.1) is 5.92 Å². The summed E-state index contributed by atoms with van der Waals surface area (Å²) in [5.74, 6) is 0.458. The van der Waals surface area contributed by atoms with Gasteiger partial charge in [-0.15, -0.1) is 5.10 Å². The van der Waals surface area contributed by atoms with Gasteiger partial charge in [0.05, 0.1) is 5.69 Å². The lowest BCUT2D eigenvalue weighted by molar-refractivity contribution is 0.0724. The lowest BCUT2D eigenvalue weighted by Gasteiger charge is -2.26. The van der Waals surface area contributed by atoms with Gasteiger partial charge in [-0.25, -0.2) is 4.68 Å². The second-order valence-electron chi connectivity index (χ2n) is 6.25. The van der Waals surface area contributed by atoms with E-state index >= 15 is 0 Å². The van der Waals surface area contributed by atoms with Gasteiger partial charge < -0.3 is 9.80 Å². The van der Waals surface area contributed by atoms with Gasteiger partial charge in [-0.05, 0) is 48.6 Å². The molecule has 0 spiro atoms. The highest BCUT2D eigenvalue weighted by Gasteiger charge is 2.17. The highest BCUT2D eigenvalue weighted by molar-refractivity contribution is 5.94. The summed E-state index contributed by atoms with van der Waals surface area (Å²) in [6.45, 7) is 6.52. The van der Waals surface area contributed by atoms with Crippen molar-refractivity contribution >= 4 is 5.91 Å². The minimum Gasteiger partial charge on any atom is -0.337 e. The number of hydrogen-bond acceptors (Lipinski definition) is 5. The Bertz CT molecular complexity index is 623. The molecule has 1 aromatic carbocycles. The van der Waals surface area contributed by atoms with Crippen molar-refractivity contribution in [3.05, 3.63) is 36.2 Å². The summed E-state index contributed by atoms with van der Waals surface area (Å²) in [6, 6.07) is 7.38. The standard InChI is InChI=1S/C16H24N6O/c1-13(2)11-21(9-8-20(3)4)16(23)14-6-5-7-15(10-14)22-12-17-18-19-22/h5-7,10,12-13H,8-9,11H2,1-4H3. The molecule has 0 unspecified atom stereocenters. The highest BCUT2D eigenvalue weighted by atomic mass is 16.2. The fourth-order valence-corrected chi connectivity index (χ4v) is 2.28. The topological polar surface area (TPSA) is 67.2 Å². The minimum atomic E-state index is 0.0375. The van der Waals surface area contributed by atoms with Crippen molar-refractivity contribution < 1.29 is 4.79 Å². The maximum absolute atomic E-state index is 12.9. The van der Waals surface area contributed by atoms with Gasteiger partial charge in [0.1, 0.15) is 6.33 Å². The second-order valence-corrected chi connectivity index (χ2v) is 6.25. The summed E-state index contributed by atoms with van der Waals surface area (Å²) in [6.07, 6.45) is 1.52. The summed E-state index contributed by atoms with van der Waals surface area (Å²) in [7, 11) is 4.02. The third kappa shape index (κ3) is 4.85. The quantitative estimate of drug-likeness (QED) is 0.771. The van der Waals surface area contributed by atoms with Crippen LogP contribution in [0.3, 0.4) is 0 Å². The number of amides is 1. The van der Waals surface area contributed by atoms with Gasteiger partial charge in [0.2, 0.25) is 0 Å². The predicted molar refractivity (Wildman–Crippen MR) is 88.4 cm³/mol. The number of nitrogens with zero attached hydrogens (tertiary/aromatic N) is 6. The summed E-state index contributed by atoms with van der Waals surface area (Å²) in [5, 5.41) is 11.1. The van der Waals surface area contributed by atoms with E-state index in [1.807, 2.05) is 43.3 Å². The molecule has 1 amide bonds. The molecule has 7 nitrogen and oxygen atoms in total. The van der Waals surface area contributed by atoms with Crippen LogP contribution in [0.2, 0.25) is 0 Å². The average Bonchev–Trinajstić information content (AvgIpc) is 3.05. The molecule has 23 heavy (non-hydrogen) atoms. The highest BCUT2D eigenvalue weighted by Crippen LogP contribution is 2.12. The van der Waals surface area contributed by atoms with Crippen LogP contribution in [0.15, 0.2) is 30.6 Å². The first-order valence-electron chi connectivity index (χ1n) is 7.75. The Balaban J connectivity index is 2.19. The monoisotopic (exact) mass is 316 g/mol. The number of aromatic nitrogens is 4. The van der Waals surface area contributed by atoms with Gasteiger partial charge in [-0.3, -0.25) is 4.79 Å². The van der Waals surface area contributed by atoms with Crippen molar-refractivity contribution in [2.75, 3.05) is 33.7 Å².